The summed E-state index contributed by atoms with van der Waals surface area (Å²) in [6.45, 7) is 0. The molecule has 0 fully saturated rings. The number of nitrogens with zero attached hydrogens (tertiary/aromatic N) is 4. The van der Waals surface area contributed by atoms with Crippen LogP contribution in [0.3, 0.4) is 0 Å². The molecule has 0 spiro atoms. The molecule has 8 nitrogen and oxygen atoms in total. The van der Waals surface area contributed by atoms with E-state index < -0.39 is 11.2 Å². The van der Waals surface area contributed by atoms with Crippen molar-refractivity contribution >= 4 is 11.2 Å². The second-order valence-electron chi connectivity index (χ2n) is 4.14. The van der Waals surface area contributed by atoms with Gasteiger partial charge >= 0.3 is 5.69 Å². The summed E-state index contributed by atoms with van der Waals surface area (Å²) in [6, 6.07) is 6.44. The molecule has 2 N–H and O–H groups in total. The van der Waals surface area contributed by atoms with Crippen molar-refractivity contribution < 1.29 is 5.11 Å². The van der Waals surface area contributed by atoms with Crippen LogP contribution < -0.4 is 11.2 Å². The maximum absolute atomic E-state index is 12.0. The predicted molar refractivity (Wildman–Crippen MR) is 70.3 cm³/mol. The SMILES string of the molecule is Cn1c(=O)[nH]c2nnc(-c3ccccc3O)nc2c1=O. The topological polar surface area (TPSA) is 114 Å². The maximum Gasteiger partial charge on any atom is 0.329 e. The summed E-state index contributed by atoms with van der Waals surface area (Å²) in [5, 5.41) is 17.3. The van der Waals surface area contributed by atoms with Gasteiger partial charge in [-0.2, -0.15) is 0 Å². The van der Waals surface area contributed by atoms with Crippen molar-refractivity contribution in [3.63, 3.8) is 0 Å². The van der Waals surface area contributed by atoms with Crippen LogP contribution >= 0.6 is 0 Å². The number of benzene rings is 1. The minimum absolute atomic E-state index is 0.0114. The lowest BCUT2D eigenvalue weighted by molar-refractivity contribution is 0.477. The molecular weight excluding hydrogens is 262 g/mol. The van der Waals surface area contributed by atoms with E-state index in [1.165, 1.54) is 13.1 Å². The molecule has 0 radical (unpaired) electrons. The molecule has 0 aliphatic carbocycles. The zero-order chi connectivity index (χ0) is 14.3. The van der Waals surface area contributed by atoms with E-state index in [9.17, 15) is 14.7 Å². The number of hydrogen-bond donors (Lipinski definition) is 2. The highest BCUT2D eigenvalue weighted by Gasteiger charge is 2.12. The molecule has 3 aromatic rings. The minimum atomic E-state index is -0.589. The molecule has 2 aromatic heterocycles. The van der Waals surface area contributed by atoms with Gasteiger partial charge in [-0.3, -0.25) is 14.3 Å². The van der Waals surface area contributed by atoms with Crippen LogP contribution in [0, 0.1) is 0 Å². The Labute approximate surface area is 111 Å². The summed E-state index contributed by atoms with van der Waals surface area (Å²) in [7, 11) is 1.34. The van der Waals surface area contributed by atoms with Crippen LogP contribution in [0.2, 0.25) is 0 Å². The number of aromatic hydroxyl groups is 1. The number of para-hydroxylation sites is 1. The monoisotopic (exact) mass is 271 g/mol. The average molecular weight is 271 g/mol. The summed E-state index contributed by atoms with van der Waals surface area (Å²) in [4.78, 5) is 29.9. The highest BCUT2D eigenvalue weighted by Crippen LogP contribution is 2.25. The number of aromatic amines is 1. The Morgan fingerprint density at radius 1 is 1.20 bits per heavy atom. The van der Waals surface area contributed by atoms with Crippen LogP contribution in [0.5, 0.6) is 5.75 Å². The van der Waals surface area contributed by atoms with Crippen molar-refractivity contribution in [2.45, 2.75) is 0 Å². The molecule has 0 saturated carbocycles. The van der Waals surface area contributed by atoms with Crippen molar-refractivity contribution in [1.29, 1.82) is 0 Å². The van der Waals surface area contributed by atoms with Gasteiger partial charge in [-0.1, -0.05) is 12.1 Å². The standard InChI is InChI=1S/C12H9N5O3/c1-17-11(19)8-10(14-12(17)20)16-15-9(13-8)6-4-2-3-5-7(6)18/h2-5,18H,1H3,(H,14,16,20). The number of hydrogen-bond acceptors (Lipinski definition) is 6. The van der Waals surface area contributed by atoms with Gasteiger partial charge in [0, 0.05) is 7.05 Å². The first-order valence-corrected chi connectivity index (χ1v) is 5.70. The van der Waals surface area contributed by atoms with Crippen molar-refractivity contribution in [1.82, 2.24) is 24.7 Å². The normalized spacial score (nSPS) is 10.8. The fourth-order valence-electron chi connectivity index (χ4n) is 1.77. The van der Waals surface area contributed by atoms with Crippen LogP contribution in [0.1, 0.15) is 0 Å². The lowest BCUT2D eigenvalue weighted by Crippen LogP contribution is -2.33. The quantitative estimate of drug-likeness (QED) is 0.632. The Hall–Kier alpha value is -3.03. The maximum atomic E-state index is 12.0. The molecule has 8 heteroatoms. The van der Waals surface area contributed by atoms with Gasteiger partial charge in [0.15, 0.2) is 17.0 Å². The van der Waals surface area contributed by atoms with Gasteiger partial charge in [0.25, 0.3) is 5.56 Å². The number of aromatic nitrogens is 5. The van der Waals surface area contributed by atoms with E-state index in [1.807, 2.05) is 0 Å². The summed E-state index contributed by atoms with van der Waals surface area (Å²) >= 11 is 0. The Bertz CT molecular complexity index is 928. The first-order valence-electron chi connectivity index (χ1n) is 5.70. The number of nitrogens with one attached hydrogen (secondary N) is 1. The molecule has 0 saturated heterocycles. The van der Waals surface area contributed by atoms with Gasteiger partial charge in [0.2, 0.25) is 0 Å². The van der Waals surface area contributed by atoms with Gasteiger partial charge in [0.05, 0.1) is 5.56 Å². The summed E-state index contributed by atoms with van der Waals surface area (Å²) in [6.07, 6.45) is 0. The predicted octanol–water partition coefficient (Wildman–Crippen LogP) is -0.216. The van der Waals surface area contributed by atoms with Crippen LogP contribution in [0.25, 0.3) is 22.6 Å². The molecule has 0 unspecified atom stereocenters. The van der Waals surface area contributed by atoms with E-state index in [0.29, 0.717) is 5.56 Å². The van der Waals surface area contributed by atoms with Gasteiger partial charge in [-0.25, -0.2) is 9.78 Å². The zero-order valence-corrected chi connectivity index (χ0v) is 10.4. The fraction of sp³-hybridized carbons (Fsp3) is 0.0833. The molecule has 0 atom stereocenters. The third kappa shape index (κ3) is 1.74. The molecule has 0 amide bonds. The van der Waals surface area contributed by atoms with E-state index in [4.69, 9.17) is 0 Å². The van der Waals surface area contributed by atoms with E-state index in [2.05, 4.69) is 20.2 Å². The van der Waals surface area contributed by atoms with Crippen LogP contribution in [-0.4, -0.2) is 29.8 Å². The summed E-state index contributed by atoms with van der Waals surface area (Å²) in [5.74, 6) is 0.0923. The number of H-pyrrole nitrogens is 1. The van der Waals surface area contributed by atoms with E-state index in [1.54, 1.807) is 18.2 Å². The first-order chi connectivity index (χ1) is 9.58. The minimum Gasteiger partial charge on any atom is -0.507 e. The number of rotatable bonds is 1. The Balaban J connectivity index is 2.34. The van der Waals surface area contributed by atoms with E-state index >= 15 is 0 Å². The lowest BCUT2D eigenvalue weighted by atomic mass is 10.2. The van der Waals surface area contributed by atoms with Gasteiger partial charge in [-0.05, 0) is 12.1 Å². The molecule has 20 heavy (non-hydrogen) atoms. The Morgan fingerprint density at radius 2 is 1.95 bits per heavy atom. The molecule has 0 aliphatic rings. The third-order valence-electron chi connectivity index (χ3n) is 2.87. The van der Waals surface area contributed by atoms with Crippen LogP contribution in [-0.2, 0) is 7.05 Å². The lowest BCUT2D eigenvalue weighted by Gasteiger charge is -2.03. The first kappa shape index (κ1) is 12.0. The van der Waals surface area contributed by atoms with E-state index in [-0.39, 0.29) is 22.7 Å². The molecular formula is C12H9N5O3. The summed E-state index contributed by atoms with van der Waals surface area (Å²) in [5.41, 5.74) is -0.808. The number of phenolic OH excluding ortho intramolecular Hbond substituents is 1. The fourth-order valence-corrected chi connectivity index (χ4v) is 1.77. The molecule has 0 bridgehead atoms. The molecule has 100 valence electrons. The van der Waals surface area contributed by atoms with E-state index in [0.717, 1.165) is 4.57 Å². The molecule has 2 heterocycles. The third-order valence-corrected chi connectivity index (χ3v) is 2.87. The number of fused-ring (bicyclic) bond motifs is 1. The average Bonchev–Trinajstić information content (AvgIpc) is 2.45. The zero-order valence-electron chi connectivity index (χ0n) is 10.4. The molecule has 1 aromatic carbocycles. The van der Waals surface area contributed by atoms with Crippen LogP contribution in [0.4, 0.5) is 0 Å². The number of phenols is 1. The van der Waals surface area contributed by atoms with Gasteiger partial charge in [0.1, 0.15) is 5.75 Å². The van der Waals surface area contributed by atoms with Gasteiger partial charge in [-0.15, -0.1) is 10.2 Å². The molecule has 0 aliphatic heterocycles. The summed E-state index contributed by atoms with van der Waals surface area (Å²) < 4.78 is 0.894. The van der Waals surface area contributed by atoms with Crippen molar-refractivity contribution in [3.8, 4) is 17.1 Å². The highest BCUT2D eigenvalue weighted by molar-refractivity contribution is 5.72. The highest BCUT2D eigenvalue weighted by atomic mass is 16.3. The Kier molecular flexibility index (Phi) is 2.56. The Morgan fingerprint density at radius 3 is 2.70 bits per heavy atom. The van der Waals surface area contributed by atoms with Gasteiger partial charge < -0.3 is 5.11 Å². The second kappa shape index (κ2) is 4.26. The smallest absolute Gasteiger partial charge is 0.329 e. The van der Waals surface area contributed by atoms with Crippen LogP contribution in [0.15, 0.2) is 33.9 Å². The largest absolute Gasteiger partial charge is 0.507 e. The van der Waals surface area contributed by atoms with Crippen molar-refractivity contribution in [2.24, 2.45) is 7.05 Å². The van der Waals surface area contributed by atoms with Crippen molar-refractivity contribution in [2.75, 3.05) is 0 Å². The molecule has 3 rings (SSSR count). The van der Waals surface area contributed by atoms with Crippen molar-refractivity contribution in [3.05, 3.63) is 45.1 Å². The second-order valence-corrected chi connectivity index (χ2v) is 4.14.